The molecule has 12 heteroatoms. The van der Waals surface area contributed by atoms with E-state index in [4.69, 9.17) is 14.3 Å². The summed E-state index contributed by atoms with van der Waals surface area (Å²) in [4.78, 5) is 23.9. The van der Waals surface area contributed by atoms with Gasteiger partial charge in [-0.2, -0.15) is 0 Å². The predicted molar refractivity (Wildman–Crippen MR) is 127 cm³/mol. The Balaban J connectivity index is 1.86. The van der Waals surface area contributed by atoms with Crippen LogP contribution in [0, 0.1) is 12.7 Å². The van der Waals surface area contributed by atoms with Crippen molar-refractivity contribution in [2.45, 2.75) is 24.8 Å². The number of nitrogens with one attached hydrogen (secondary N) is 2. The molecular weight excluding hydrogens is 481 g/mol. The lowest BCUT2D eigenvalue weighted by Crippen LogP contribution is -2.42. The molecule has 35 heavy (non-hydrogen) atoms. The minimum atomic E-state index is -4.25. The number of sulfonamides is 1. The summed E-state index contributed by atoms with van der Waals surface area (Å²) in [5.74, 6) is -0.414. The van der Waals surface area contributed by atoms with Gasteiger partial charge in [-0.1, -0.05) is 0 Å². The summed E-state index contributed by atoms with van der Waals surface area (Å²) >= 11 is 0. The third kappa shape index (κ3) is 5.72. The van der Waals surface area contributed by atoms with Gasteiger partial charge in [-0.25, -0.2) is 17.6 Å². The molecule has 0 bridgehead atoms. The van der Waals surface area contributed by atoms with Crippen LogP contribution in [0.25, 0.3) is 11.3 Å². The van der Waals surface area contributed by atoms with Crippen LogP contribution in [0.4, 0.5) is 20.6 Å². The molecule has 0 radical (unpaired) electrons. The molecule has 0 aliphatic heterocycles. The Hall–Kier alpha value is -4.06. The summed E-state index contributed by atoms with van der Waals surface area (Å²) in [6, 6.07) is 9.84. The van der Waals surface area contributed by atoms with Crippen LogP contribution in [0.15, 0.2) is 57.8 Å². The molecule has 3 rings (SSSR count). The van der Waals surface area contributed by atoms with Gasteiger partial charge >= 0.3 is 6.09 Å². The zero-order valence-electron chi connectivity index (χ0n) is 19.3. The van der Waals surface area contributed by atoms with Gasteiger partial charge in [0.1, 0.15) is 29.1 Å². The van der Waals surface area contributed by atoms with Crippen molar-refractivity contribution in [1.82, 2.24) is 4.90 Å². The average Bonchev–Trinajstić information content (AvgIpc) is 3.23. The molecule has 10 nitrogen and oxygen atoms in total. The third-order valence-corrected chi connectivity index (χ3v) is 6.59. The van der Waals surface area contributed by atoms with Crippen LogP contribution >= 0.6 is 0 Å². The highest BCUT2D eigenvalue weighted by atomic mass is 32.2. The molecule has 186 valence electrons. The summed E-state index contributed by atoms with van der Waals surface area (Å²) in [5.41, 5.74) is 0.282. The second-order valence-corrected chi connectivity index (χ2v) is 9.31. The number of hydrogen-bond acceptors (Lipinski definition) is 6. The SMILES string of the molecule is COc1ccc(NC(=O)[C@H](C)N(C)C(=O)O)cc1NS(=O)(=O)c1ccc(-c2ccc(C)o2)c(F)c1. The number of carbonyl (C=O) groups is 2. The lowest BCUT2D eigenvalue weighted by Gasteiger charge is -2.21. The number of carboxylic acid groups (broad SMARTS) is 1. The molecule has 0 unspecified atom stereocenters. The van der Waals surface area contributed by atoms with Crippen LogP contribution in [0.1, 0.15) is 12.7 Å². The largest absolute Gasteiger partial charge is 0.495 e. The van der Waals surface area contributed by atoms with Crippen molar-refractivity contribution in [3.63, 3.8) is 0 Å². The molecule has 0 aliphatic rings. The first-order valence-corrected chi connectivity index (χ1v) is 11.7. The minimum Gasteiger partial charge on any atom is -0.495 e. The Bertz CT molecular complexity index is 1370. The molecule has 0 aliphatic carbocycles. The molecule has 0 spiro atoms. The zero-order valence-corrected chi connectivity index (χ0v) is 20.1. The molecule has 0 saturated heterocycles. The highest BCUT2D eigenvalue weighted by Crippen LogP contribution is 2.32. The van der Waals surface area contributed by atoms with E-state index in [-0.39, 0.29) is 33.3 Å². The van der Waals surface area contributed by atoms with Crippen LogP contribution < -0.4 is 14.8 Å². The topological polar surface area (TPSA) is 138 Å². The lowest BCUT2D eigenvalue weighted by atomic mass is 10.1. The number of amides is 2. The maximum Gasteiger partial charge on any atom is 0.407 e. The summed E-state index contributed by atoms with van der Waals surface area (Å²) in [6.45, 7) is 3.11. The van der Waals surface area contributed by atoms with Crippen LogP contribution in [-0.4, -0.2) is 50.6 Å². The highest BCUT2D eigenvalue weighted by Gasteiger charge is 2.23. The Morgan fingerprint density at radius 3 is 2.43 bits per heavy atom. The number of carbonyl (C=O) groups excluding carboxylic acids is 1. The van der Waals surface area contributed by atoms with Crippen LogP contribution in [0.2, 0.25) is 0 Å². The monoisotopic (exact) mass is 505 g/mol. The maximum absolute atomic E-state index is 14.7. The molecule has 1 aromatic heterocycles. The van der Waals surface area contributed by atoms with Gasteiger partial charge in [0.25, 0.3) is 10.0 Å². The van der Waals surface area contributed by atoms with Gasteiger partial charge in [0.15, 0.2) is 0 Å². The van der Waals surface area contributed by atoms with Crippen LogP contribution in [0.3, 0.4) is 0 Å². The van der Waals surface area contributed by atoms with E-state index in [1.807, 2.05) is 0 Å². The van der Waals surface area contributed by atoms with E-state index in [1.165, 1.54) is 51.4 Å². The van der Waals surface area contributed by atoms with Crippen LogP contribution in [-0.2, 0) is 14.8 Å². The van der Waals surface area contributed by atoms with Crippen molar-refractivity contribution in [1.29, 1.82) is 0 Å². The first-order chi connectivity index (χ1) is 16.4. The normalized spacial score (nSPS) is 12.0. The highest BCUT2D eigenvalue weighted by molar-refractivity contribution is 7.92. The predicted octanol–water partition coefficient (Wildman–Crippen LogP) is 4.14. The van der Waals surface area contributed by atoms with E-state index in [1.54, 1.807) is 19.1 Å². The number of aryl methyl sites for hydroxylation is 1. The molecule has 1 heterocycles. The van der Waals surface area contributed by atoms with E-state index in [0.717, 1.165) is 11.0 Å². The Morgan fingerprint density at radius 2 is 1.86 bits per heavy atom. The molecule has 2 amide bonds. The quantitative estimate of drug-likeness (QED) is 0.418. The summed E-state index contributed by atoms with van der Waals surface area (Å²) < 4.78 is 53.5. The van der Waals surface area contributed by atoms with Crippen molar-refractivity contribution in [2.24, 2.45) is 0 Å². The summed E-state index contributed by atoms with van der Waals surface area (Å²) in [7, 11) is -1.67. The molecule has 3 aromatic rings. The van der Waals surface area contributed by atoms with Crippen LogP contribution in [0.5, 0.6) is 5.75 Å². The molecular formula is C23H24FN3O7S. The number of likely N-dealkylation sites (N-methyl/N-ethyl adjacent to an activating group) is 1. The van der Waals surface area contributed by atoms with Gasteiger partial charge in [0.05, 0.1) is 23.3 Å². The Labute approximate surface area is 201 Å². The van der Waals surface area contributed by atoms with Gasteiger partial charge in [-0.3, -0.25) is 14.4 Å². The zero-order chi connectivity index (χ0) is 25.9. The number of benzene rings is 2. The van der Waals surface area contributed by atoms with E-state index in [2.05, 4.69) is 10.0 Å². The summed E-state index contributed by atoms with van der Waals surface area (Å²) in [5, 5.41) is 11.6. The number of furan rings is 1. The fourth-order valence-corrected chi connectivity index (χ4v) is 4.17. The smallest absolute Gasteiger partial charge is 0.407 e. The molecule has 1 atom stereocenters. The van der Waals surface area contributed by atoms with Crippen molar-refractivity contribution < 1.29 is 36.7 Å². The first kappa shape index (κ1) is 25.6. The van der Waals surface area contributed by atoms with E-state index in [0.29, 0.717) is 5.76 Å². The van der Waals surface area contributed by atoms with Crippen molar-refractivity contribution in [2.75, 3.05) is 24.2 Å². The Morgan fingerprint density at radius 1 is 1.14 bits per heavy atom. The molecule has 0 fully saturated rings. The van der Waals surface area contributed by atoms with E-state index < -0.39 is 33.9 Å². The van der Waals surface area contributed by atoms with Crippen molar-refractivity contribution >= 4 is 33.4 Å². The number of rotatable bonds is 8. The van der Waals surface area contributed by atoms with Gasteiger partial charge in [-0.15, -0.1) is 0 Å². The fraction of sp³-hybridized carbons (Fsp3) is 0.217. The average molecular weight is 506 g/mol. The summed E-state index contributed by atoms with van der Waals surface area (Å²) in [6.07, 6.45) is -1.28. The number of hydrogen-bond donors (Lipinski definition) is 3. The third-order valence-electron chi connectivity index (χ3n) is 5.23. The number of ether oxygens (including phenoxy) is 1. The lowest BCUT2D eigenvalue weighted by molar-refractivity contribution is -0.119. The van der Waals surface area contributed by atoms with Crippen molar-refractivity contribution in [3.8, 4) is 17.1 Å². The maximum atomic E-state index is 14.7. The van der Waals surface area contributed by atoms with E-state index >= 15 is 0 Å². The van der Waals surface area contributed by atoms with Gasteiger partial charge < -0.3 is 19.6 Å². The number of methoxy groups -OCH3 is 1. The Kier molecular flexibility index (Phi) is 7.34. The fourth-order valence-electron chi connectivity index (χ4n) is 3.10. The molecule has 0 saturated carbocycles. The molecule has 2 aromatic carbocycles. The first-order valence-electron chi connectivity index (χ1n) is 10.3. The standard InChI is InChI=1S/C23H24FN3O7S/c1-13-5-9-20(34-13)17-8-7-16(12-18(17)24)35(31,32)26-19-11-15(6-10-21(19)33-4)25-22(28)14(2)27(3)23(29)30/h5-12,14,26H,1-4H3,(H,25,28)(H,29,30)/t14-/m0/s1. The van der Waals surface area contributed by atoms with Gasteiger partial charge in [-0.05, 0) is 62.4 Å². The number of anilines is 2. The van der Waals surface area contributed by atoms with Gasteiger partial charge in [0, 0.05) is 12.7 Å². The second kappa shape index (κ2) is 10.1. The second-order valence-electron chi connectivity index (χ2n) is 7.63. The number of nitrogens with zero attached hydrogens (tertiary/aromatic N) is 1. The number of halogens is 1. The molecule has 3 N–H and O–H groups in total. The van der Waals surface area contributed by atoms with Gasteiger partial charge in [0.2, 0.25) is 5.91 Å². The minimum absolute atomic E-state index is 0.0179. The van der Waals surface area contributed by atoms with Crippen molar-refractivity contribution in [3.05, 3.63) is 60.1 Å². The van der Waals surface area contributed by atoms with E-state index in [9.17, 15) is 22.4 Å².